The largest absolute Gasteiger partial charge is 0.493 e. The van der Waals surface area contributed by atoms with Crippen LogP contribution in [0.4, 0.5) is 37.8 Å². The Kier molecular flexibility index (Phi) is 6.93. The van der Waals surface area contributed by atoms with Crippen molar-refractivity contribution >= 4 is 29.0 Å². The zero-order chi connectivity index (χ0) is 27.1. The smallest absolute Gasteiger partial charge is 0.416 e. The van der Waals surface area contributed by atoms with E-state index in [4.69, 9.17) is 21.1 Å². The van der Waals surface area contributed by atoms with Crippen molar-refractivity contribution in [1.82, 2.24) is 9.78 Å². The maximum atomic E-state index is 14.0. The lowest BCUT2D eigenvalue weighted by molar-refractivity contribution is -0.173. The highest BCUT2D eigenvalue weighted by Crippen LogP contribution is 2.45. The number of hydrogen-bond donors (Lipinski definition) is 2. The molecule has 4 rings (SSSR count). The van der Waals surface area contributed by atoms with Gasteiger partial charge in [-0.1, -0.05) is 17.7 Å². The second-order valence-corrected chi connectivity index (χ2v) is 8.52. The highest BCUT2D eigenvalue weighted by Gasteiger charge is 2.47. The Morgan fingerprint density at radius 3 is 2.38 bits per heavy atom. The molecule has 37 heavy (non-hydrogen) atoms. The summed E-state index contributed by atoms with van der Waals surface area (Å²) < 4.78 is 92.1. The zero-order valence-corrected chi connectivity index (χ0v) is 19.9. The van der Waals surface area contributed by atoms with Crippen molar-refractivity contribution in [1.29, 1.82) is 0 Å². The van der Waals surface area contributed by atoms with Crippen molar-refractivity contribution < 1.29 is 40.6 Å². The number of nitrogens with one attached hydrogen (secondary N) is 2. The van der Waals surface area contributed by atoms with Gasteiger partial charge in [-0.2, -0.15) is 31.4 Å². The molecule has 14 heteroatoms. The van der Waals surface area contributed by atoms with Gasteiger partial charge in [-0.15, -0.1) is 0 Å². The Morgan fingerprint density at radius 2 is 1.76 bits per heavy atom. The number of anilines is 2. The predicted octanol–water partition coefficient (Wildman–Crippen LogP) is 6.49. The summed E-state index contributed by atoms with van der Waals surface area (Å²) in [5, 5.41) is 8.73. The van der Waals surface area contributed by atoms with Gasteiger partial charge >= 0.3 is 12.4 Å². The number of nitrogens with zero attached hydrogens (tertiary/aromatic N) is 2. The van der Waals surface area contributed by atoms with Gasteiger partial charge in [0.1, 0.15) is 5.82 Å². The lowest BCUT2D eigenvalue weighted by Gasteiger charge is -2.33. The van der Waals surface area contributed by atoms with E-state index in [1.807, 2.05) is 0 Å². The van der Waals surface area contributed by atoms with Crippen molar-refractivity contribution in [3.63, 3.8) is 0 Å². The molecule has 3 aromatic rings. The van der Waals surface area contributed by atoms with E-state index in [0.717, 1.165) is 18.2 Å². The van der Waals surface area contributed by atoms with Crippen LogP contribution in [0.2, 0.25) is 5.02 Å². The summed E-state index contributed by atoms with van der Waals surface area (Å²) in [5.74, 6) is -0.420. The molecule has 0 saturated heterocycles. The molecule has 198 valence electrons. The summed E-state index contributed by atoms with van der Waals surface area (Å²) in [6, 6.07) is 5.17. The molecule has 0 radical (unpaired) electrons. The molecule has 1 aliphatic heterocycles. The number of halogens is 7. The lowest BCUT2D eigenvalue weighted by Crippen LogP contribution is -2.35. The number of methoxy groups -OCH3 is 2. The Hall–Kier alpha value is -3.61. The third-order valence-electron chi connectivity index (χ3n) is 5.77. The molecular formula is C23H19ClF6N4O3. The van der Waals surface area contributed by atoms with Crippen LogP contribution >= 0.6 is 11.6 Å². The number of hydrogen-bond acceptors (Lipinski definition) is 5. The third kappa shape index (κ3) is 5.41. The predicted molar refractivity (Wildman–Crippen MR) is 122 cm³/mol. The van der Waals surface area contributed by atoms with Crippen molar-refractivity contribution in [2.45, 2.75) is 30.9 Å². The summed E-state index contributed by atoms with van der Waals surface area (Å²) >= 11 is 5.91. The van der Waals surface area contributed by atoms with Gasteiger partial charge in [0.15, 0.2) is 23.2 Å². The highest BCUT2D eigenvalue weighted by atomic mass is 35.5. The van der Waals surface area contributed by atoms with E-state index < -0.39 is 48.0 Å². The van der Waals surface area contributed by atoms with Crippen LogP contribution in [0.25, 0.3) is 0 Å². The number of alkyl halides is 6. The first-order chi connectivity index (χ1) is 17.3. The third-order valence-corrected chi connectivity index (χ3v) is 6.10. The van der Waals surface area contributed by atoms with E-state index in [1.54, 1.807) is 18.2 Å². The fourth-order valence-electron chi connectivity index (χ4n) is 3.96. The Balaban J connectivity index is 1.65. The van der Waals surface area contributed by atoms with Gasteiger partial charge in [0.2, 0.25) is 0 Å². The molecule has 0 aliphatic carbocycles. The Morgan fingerprint density at radius 1 is 1.05 bits per heavy atom. The molecule has 0 saturated carbocycles. The number of aromatic nitrogens is 2. The second kappa shape index (κ2) is 9.69. The first kappa shape index (κ1) is 26.5. The van der Waals surface area contributed by atoms with Crippen molar-refractivity contribution in [2.75, 3.05) is 24.9 Å². The Bertz CT molecular complexity index is 1320. The van der Waals surface area contributed by atoms with Gasteiger partial charge in [-0.3, -0.25) is 4.79 Å². The topological polar surface area (TPSA) is 77.4 Å². The van der Waals surface area contributed by atoms with Gasteiger partial charge in [0.05, 0.1) is 36.5 Å². The fourth-order valence-corrected chi connectivity index (χ4v) is 4.12. The van der Waals surface area contributed by atoms with Gasteiger partial charge < -0.3 is 20.1 Å². The SMILES string of the molecule is COc1ccc([C@H]2C[C@H](C(F)(F)F)n3nc(C(=O)Nc4cc(C(F)(F)F)ccc4Cl)cc3N2)cc1OC. The van der Waals surface area contributed by atoms with Crippen molar-refractivity contribution in [2.24, 2.45) is 0 Å². The minimum Gasteiger partial charge on any atom is -0.493 e. The molecule has 1 amide bonds. The standard InChI is InChI=1S/C23H19ClF6N4O3/c1-36-17-6-3-11(7-18(17)37-2)14-9-19(23(28,29)30)34-20(31-14)10-16(33-34)21(35)32-15-8-12(22(25,26)27)4-5-13(15)24/h3-8,10,14,19,31H,9H2,1-2H3,(H,32,35)/t14-,19-/m1/s1. The molecule has 1 aliphatic rings. The van der Waals surface area contributed by atoms with Crippen LogP contribution in [0.3, 0.4) is 0 Å². The highest BCUT2D eigenvalue weighted by molar-refractivity contribution is 6.33. The summed E-state index contributed by atoms with van der Waals surface area (Å²) in [5.41, 5.74) is -1.40. The van der Waals surface area contributed by atoms with Gasteiger partial charge in [0, 0.05) is 12.5 Å². The first-order valence-electron chi connectivity index (χ1n) is 10.6. The van der Waals surface area contributed by atoms with Crippen LogP contribution in [0.15, 0.2) is 42.5 Å². The number of carbonyl (C=O) groups is 1. The fraction of sp³-hybridized carbons (Fsp3) is 0.304. The molecule has 2 heterocycles. The van der Waals surface area contributed by atoms with E-state index in [2.05, 4.69) is 15.7 Å². The average Bonchev–Trinajstić information content (AvgIpc) is 3.27. The number of rotatable bonds is 5. The average molecular weight is 549 g/mol. The first-order valence-corrected chi connectivity index (χ1v) is 11.0. The summed E-state index contributed by atoms with van der Waals surface area (Å²) in [6.45, 7) is 0. The number of amides is 1. The van der Waals surface area contributed by atoms with E-state index in [1.165, 1.54) is 14.2 Å². The molecule has 0 bridgehead atoms. The molecule has 2 N–H and O–H groups in total. The van der Waals surface area contributed by atoms with Gasteiger partial charge in [-0.25, -0.2) is 4.68 Å². The zero-order valence-electron chi connectivity index (χ0n) is 19.2. The molecule has 7 nitrogen and oxygen atoms in total. The van der Waals surface area contributed by atoms with E-state index in [9.17, 15) is 31.1 Å². The lowest BCUT2D eigenvalue weighted by atomic mass is 9.96. The molecule has 2 aromatic carbocycles. The maximum Gasteiger partial charge on any atom is 0.416 e. The maximum absolute atomic E-state index is 14.0. The second-order valence-electron chi connectivity index (χ2n) is 8.11. The Labute approximate surface area is 211 Å². The normalized spacial score (nSPS) is 17.5. The van der Waals surface area contributed by atoms with Crippen LogP contribution in [-0.4, -0.2) is 36.1 Å². The monoisotopic (exact) mass is 548 g/mol. The number of fused-ring (bicyclic) bond motifs is 1. The quantitative estimate of drug-likeness (QED) is 0.357. The molecule has 0 spiro atoms. The van der Waals surface area contributed by atoms with E-state index >= 15 is 0 Å². The number of ether oxygens (including phenoxy) is 2. The van der Waals surface area contributed by atoms with Crippen molar-refractivity contribution in [3.05, 3.63) is 64.3 Å². The number of carbonyl (C=O) groups excluding carboxylic acids is 1. The summed E-state index contributed by atoms with van der Waals surface area (Å²) in [7, 11) is 2.82. The number of benzene rings is 2. The van der Waals surface area contributed by atoms with E-state index in [-0.39, 0.29) is 16.5 Å². The van der Waals surface area contributed by atoms with Crippen LogP contribution in [0.1, 0.15) is 40.1 Å². The van der Waals surface area contributed by atoms with Crippen LogP contribution < -0.4 is 20.1 Å². The van der Waals surface area contributed by atoms with Gasteiger partial charge in [-0.05, 0) is 35.9 Å². The molecule has 1 aromatic heterocycles. The molecule has 2 atom stereocenters. The van der Waals surface area contributed by atoms with Crippen LogP contribution in [0.5, 0.6) is 11.5 Å². The molecule has 0 unspecified atom stereocenters. The minimum absolute atomic E-state index is 0.103. The molecular weight excluding hydrogens is 530 g/mol. The molecule has 0 fully saturated rings. The minimum atomic E-state index is -4.71. The van der Waals surface area contributed by atoms with Crippen LogP contribution in [-0.2, 0) is 6.18 Å². The summed E-state index contributed by atoms with van der Waals surface area (Å²) in [4.78, 5) is 12.7. The summed E-state index contributed by atoms with van der Waals surface area (Å²) in [6.07, 6.45) is -9.86. The van der Waals surface area contributed by atoms with Crippen molar-refractivity contribution in [3.8, 4) is 11.5 Å². The van der Waals surface area contributed by atoms with Crippen LogP contribution in [0, 0.1) is 0 Å². The van der Waals surface area contributed by atoms with Gasteiger partial charge in [0.25, 0.3) is 5.91 Å². The van der Waals surface area contributed by atoms with E-state index in [0.29, 0.717) is 27.8 Å².